The Morgan fingerprint density at radius 2 is 1.81 bits per heavy atom. The average molecular weight is 304 g/mol. The summed E-state index contributed by atoms with van der Waals surface area (Å²) in [5.41, 5.74) is 1.18. The lowest BCUT2D eigenvalue weighted by molar-refractivity contribution is 0.104. The molecule has 0 bridgehead atoms. The Morgan fingerprint density at radius 3 is 2.33 bits per heavy atom. The number of nitrogens with zero attached hydrogens (tertiary/aromatic N) is 2. The van der Waals surface area contributed by atoms with Gasteiger partial charge in [0.2, 0.25) is 5.78 Å². The molecule has 0 saturated carbocycles. The van der Waals surface area contributed by atoms with Gasteiger partial charge >= 0.3 is 0 Å². The molecule has 1 heterocycles. The Hall–Kier alpha value is -1.75. The lowest BCUT2D eigenvalue weighted by Crippen LogP contribution is -2.16. The van der Waals surface area contributed by atoms with E-state index in [1.807, 2.05) is 46.8 Å². The van der Waals surface area contributed by atoms with E-state index in [1.54, 1.807) is 12.1 Å². The summed E-state index contributed by atoms with van der Waals surface area (Å²) < 4.78 is 9.52. The van der Waals surface area contributed by atoms with Crippen LogP contribution in [0.5, 0.6) is 5.75 Å². The number of ketones is 1. The molecule has 0 atom stereocenters. The fourth-order valence-electron chi connectivity index (χ4n) is 1.92. The van der Waals surface area contributed by atoms with Crippen molar-refractivity contribution in [2.75, 3.05) is 0 Å². The van der Waals surface area contributed by atoms with Crippen molar-refractivity contribution >= 4 is 17.3 Å². The van der Waals surface area contributed by atoms with Crippen molar-refractivity contribution in [1.82, 2.24) is 9.59 Å². The monoisotopic (exact) mass is 304 g/mol. The topological polar surface area (TPSA) is 52.1 Å². The quantitative estimate of drug-likeness (QED) is 0.805. The van der Waals surface area contributed by atoms with E-state index in [-0.39, 0.29) is 17.3 Å². The number of hydrogen-bond donors (Lipinski definition) is 0. The Kier molecular flexibility index (Phi) is 4.42. The fraction of sp³-hybridized carbons (Fsp3) is 0.438. The molecule has 0 N–H and O–H groups in total. The minimum atomic E-state index is -0.196. The van der Waals surface area contributed by atoms with Crippen LogP contribution in [0.4, 0.5) is 0 Å². The molecule has 21 heavy (non-hydrogen) atoms. The van der Waals surface area contributed by atoms with E-state index in [9.17, 15) is 4.79 Å². The number of carbonyl (C=O) groups excluding carboxylic acids is 1. The maximum atomic E-state index is 12.6. The molecule has 5 heteroatoms. The third-order valence-electron chi connectivity index (χ3n) is 2.89. The predicted octanol–water partition coefficient (Wildman–Crippen LogP) is 3.85. The van der Waals surface area contributed by atoms with Gasteiger partial charge in [0.1, 0.15) is 10.6 Å². The van der Waals surface area contributed by atoms with Gasteiger partial charge in [-0.25, -0.2) is 0 Å². The van der Waals surface area contributed by atoms with E-state index in [2.05, 4.69) is 9.59 Å². The molecule has 1 aromatic carbocycles. The van der Waals surface area contributed by atoms with E-state index in [0.717, 1.165) is 23.0 Å². The maximum Gasteiger partial charge on any atom is 0.206 e. The first-order valence-electron chi connectivity index (χ1n) is 6.93. The largest absolute Gasteiger partial charge is 0.491 e. The zero-order valence-corrected chi connectivity index (χ0v) is 13.8. The highest BCUT2D eigenvalue weighted by molar-refractivity contribution is 7.08. The standard InChI is InChI=1S/C16H20N2O2S/c1-10(2)20-12-8-6-11(7-9-12)13(19)14-15(16(3,4)5)17-18-21-14/h6-10H,1-5H3. The van der Waals surface area contributed by atoms with Gasteiger partial charge in [0.25, 0.3) is 0 Å². The summed E-state index contributed by atoms with van der Waals surface area (Å²) in [6.45, 7) is 10.0. The maximum absolute atomic E-state index is 12.6. The Balaban J connectivity index is 2.27. The normalized spacial score (nSPS) is 11.7. The zero-order chi connectivity index (χ0) is 15.6. The molecule has 0 spiro atoms. The van der Waals surface area contributed by atoms with E-state index in [4.69, 9.17) is 4.74 Å². The number of benzene rings is 1. The van der Waals surface area contributed by atoms with Crippen LogP contribution in [0.3, 0.4) is 0 Å². The lowest BCUT2D eigenvalue weighted by Gasteiger charge is -2.16. The molecular formula is C16H20N2O2S. The molecule has 2 aromatic rings. The van der Waals surface area contributed by atoms with Crippen LogP contribution in [0.15, 0.2) is 24.3 Å². The molecule has 0 unspecified atom stereocenters. The van der Waals surface area contributed by atoms with Crippen LogP contribution in [-0.4, -0.2) is 21.5 Å². The van der Waals surface area contributed by atoms with E-state index < -0.39 is 0 Å². The molecular weight excluding hydrogens is 284 g/mol. The summed E-state index contributed by atoms with van der Waals surface area (Å²) in [6, 6.07) is 7.20. The van der Waals surface area contributed by atoms with Crippen LogP contribution >= 0.6 is 11.5 Å². The average Bonchev–Trinajstić information content (AvgIpc) is 2.87. The smallest absolute Gasteiger partial charge is 0.206 e. The SMILES string of the molecule is CC(C)Oc1ccc(C(=O)c2snnc2C(C)(C)C)cc1. The third-order valence-corrected chi connectivity index (χ3v) is 3.62. The van der Waals surface area contributed by atoms with Gasteiger partial charge in [-0.3, -0.25) is 4.79 Å². The highest BCUT2D eigenvalue weighted by Crippen LogP contribution is 2.28. The third kappa shape index (κ3) is 3.67. The minimum absolute atomic E-state index is 0.0361. The second-order valence-corrected chi connectivity index (χ2v) is 6.97. The second-order valence-electron chi connectivity index (χ2n) is 6.22. The van der Waals surface area contributed by atoms with Gasteiger partial charge in [-0.05, 0) is 49.6 Å². The summed E-state index contributed by atoms with van der Waals surface area (Å²) in [7, 11) is 0. The molecule has 2 rings (SSSR count). The van der Waals surface area contributed by atoms with Crippen molar-refractivity contribution in [3.8, 4) is 5.75 Å². The van der Waals surface area contributed by atoms with Gasteiger partial charge < -0.3 is 4.74 Å². The number of ether oxygens (including phenoxy) is 1. The molecule has 0 fully saturated rings. The van der Waals surface area contributed by atoms with Gasteiger partial charge in [-0.1, -0.05) is 25.3 Å². The second kappa shape index (κ2) is 5.93. The molecule has 1 aromatic heterocycles. The van der Waals surface area contributed by atoms with Crippen LogP contribution in [0, 0.1) is 0 Å². The predicted molar refractivity (Wildman–Crippen MR) is 84.2 cm³/mol. The molecule has 0 aliphatic carbocycles. The molecule has 0 aliphatic heterocycles. The fourth-order valence-corrected chi connectivity index (χ4v) is 2.76. The van der Waals surface area contributed by atoms with Crippen LogP contribution in [-0.2, 0) is 5.41 Å². The summed E-state index contributed by atoms with van der Waals surface area (Å²) in [6.07, 6.45) is 0.116. The first-order chi connectivity index (χ1) is 9.79. The van der Waals surface area contributed by atoms with Crippen molar-refractivity contribution < 1.29 is 9.53 Å². The molecule has 4 nitrogen and oxygen atoms in total. The van der Waals surface area contributed by atoms with Crippen LogP contribution < -0.4 is 4.74 Å². The van der Waals surface area contributed by atoms with Crippen molar-refractivity contribution in [2.24, 2.45) is 0 Å². The molecule has 0 radical (unpaired) electrons. The summed E-state index contributed by atoms with van der Waals surface area (Å²) in [4.78, 5) is 13.2. The Labute approximate surface area is 129 Å². The molecule has 112 valence electrons. The van der Waals surface area contributed by atoms with Gasteiger partial charge in [0.05, 0.1) is 11.8 Å². The first kappa shape index (κ1) is 15.6. The first-order valence-corrected chi connectivity index (χ1v) is 7.70. The Bertz CT molecular complexity index is 624. The van der Waals surface area contributed by atoms with Gasteiger partial charge in [-0.2, -0.15) is 0 Å². The number of carbonyl (C=O) groups is 1. The zero-order valence-electron chi connectivity index (χ0n) is 13.0. The van der Waals surface area contributed by atoms with Crippen LogP contribution in [0.1, 0.15) is 55.5 Å². The van der Waals surface area contributed by atoms with E-state index in [0.29, 0.717) is 10.4 Å². The van der Waals surface area contributed by atoms with Crippen molar-refractivity contribution in [1.29, 1.82) is 0 Å². The Morgan fingerprint density at radius 1 is 1.19 bits per heavy atom. The highest BCUT2D eigenvalue weighted by Gasteiger charge is 2.26. The van der Waals surface area contributed by atoms with Crippen molar-refractivity contribution in [2.45, 2.75) is 46.1 Å². The summed E-state index contributed by atoms with van der Waals surface area (Å²) in [5.74, 6) is 0.728. The van der Waals surface area contributed by atoms with Crippen LogP contribution in [0.25, 0.3) is 0 Å². The van der Waals surface area contributed by atoms with E-state index in [1.165, 1.54) is 0 Å². The van der Waals surface area contributed by atoms with E-state index >= 15 is 0 Å². The van der Waals surface area contributed by atoms with Gasteiger partial charge in [0, 0.05) is 11.0 Å². The van der Waals surface area contributed by atoms with Gasteiger partial charge in [0.15, 0.2) is 0 Å². The van der Waals surface area contributed by atoms with Crippen molar-refractivity contribution in [3.63, 3.8) is 0 Å². The summed E-state index contributed by atoms with van der Waals surface area (Å²) >= 11 is 1.15. The number of hydrogen-bond acceptors (Lipinski definition) is 5. The molecule has 0 aliphatic rings. The van der Waals surface area contributed by atoms with Crippen LogP contribution in [0.2, 0.25) is 0 Å². The summed E-state index contributed by atoms with van der Waals surface area (Å²) in [5, 5.41) is 4.11. The lowest BCUT2D eigenvalue weighted by atomic mass is 9.90. The number of rotatable bonds is 4. The van der Waals surface area contributed by atoms with Gasteiger partial charge in [-0.15, -0.1) is 5.10 Å². The molecule has 0 saturated heterocycles. The van der Waals surface area contributed by atoms with Crippen molar-refractivity contribution in [3.05, 3.63) is 40.4 Å². The highest BCUT2D eigenvalue weighted by atomic mass is 32.1. The molecule has 0 amide bonds. The minimum Gasteiger partial charge on any atom is -0.491 e. The number of aromatic nitrogens is 2.